The number of benzene rings is 1. The fraction of sp³-hybridized carbons (Fsp3) is 0.263. The van der Waals surface area contributed by atoms with E-state index in [1.54, 1.807) is 48.9 Å². The quantitative estimate of drug-likeness (QED) is 0.743. The van der Waals surface area contributed by atoms with Crippen LogP contribution in [0.3, 0.4) is 0 Å². The predicted molar refractivity (Wildman–Crippen MR) is 100 cm³/mol. The Morgan fingerprint density at radius 2 is 1.96 bits per heavy atom. The summed E-state index contributed by atoms with van der Waals surface area (Å²) in [7, 11) is 0. The highest BCUT2D eigenvalue weighted by atomic mass is 35.5. The van der Waals surface area contributed by atoms with Crippen LogP contribution in [-0.4, -0.2) is 44.1 Å². The van der Waals surface area contributed by atoms with Crippen LogP contribution >= 0.6 is 11.6 Å². The lowest BCUT2D eigenvalue weighted by Crippen LogP contribution is -2.39. The number of rotatable bonds is 4. The van der Waals surface area contributed by atoms with Gasteiger partial charge in [0, 0.05) is 42.6 Å². The lowest BCUT2D eigenvalue weighted by Gasteiger charge is -2.32. The average molecular weight is 384 g/mol. The summed E-state index contributed by atoms with van der Waals surface area (Å²) in [6.07, 6.45) is 6.64. The number of likely N-dealkylation sites (tertiary alicyclic amines) is 1. The smallest absolute Gasteiger partial charge is 0.271 e. The van der Waals surface area contributed by atoms with Crippen molar-refractivity contribution in [1.29, 1.82) is 0 Å². The van der Waals surface area contributed by atoms with Crippen molar-refractivity contribution < 1.29 is 9.53 Å². The molecule has 1 saturated heterocycles. The number of nitrogens with zero attached hydrogens (tertiary/aromatic N) is 4. The molecule has 0 radical (unpaired) electrons. The average Bonchev–Trinajstić information content (AvgIpc) is 3.24. The van der Waals surface area contributed by atoms with Gasteiger partial charge in [-0.2, -0.15) is 5.10 Å². The molecule has 4 rings (SSSR count). The lowest BCUT2D eigenvalue weighted by atomic mass is 9.94. The van der Waals surface area contributed by atoms with Gasteiger partial charge in [-0.05, 0) is 43.2 Å². The van der Waals surface area contributed by atoms with E-state index in [-0.39, 0.29) is 11.8 Å². The third-order valence-electron chi connectivity index (χ3n) is 4.55. The van der Waals surface area contributed by atoms with Crippen molar-refractivity contribution in [3.63, 3.8) is 0 Å². The molecule has 1 amide bonds. The zero-order valence-electron chi connectivity index (χ0n) is 14.5. The number of aromatic nitrogens is 4. The van der Waals surface area contributed by atoms with Crippen LogP contribution in [0.4, 0.5) is 0 Å². The van der Waals surface area contributed by atoms with Crippen molar-refractivity contribution in [2.24, 2.45) is 0 Å². The molecule has 0 saturated carbocycles. The van der Waals surface area contributed by atoms with Gasteiger partial charge in [0.05, 0.1) is 0 Å². The van der Waals surface area contributed by atoms with Gasteiger partial charge in [-0.3, -0.25) is 14.9 Å². The van der Waals surface area contributed by atoms with Crippen LogP contribution in [0.2, 0.25) is 5.02 Å². The zero-order chi connectivity index (χ0) is 18.6. The van der Waals surface area contributed by atoms with E-state index < -0.39 is 0 Å². The first-order valence-electron chi connectivity index (χ1n) is 8.73. The van der Waals surface area contributed by atoms with E-state index >= 15 is 0 Å². The number of ether oxygens (including phenoxy) is 1. The fourth-order valence-electron chi connectivity index (χ4n) is 3.24. The Kier molecular flexibility index (Phi) is 5.02. The van der Waals surface area contributed by atoms with E-state index in [4.69, 9.17) is 16.3 Å². The molecule has 1 aliphatic rings. The normalized spacial score (nSPS) is 16.9. The van der Waals surface area contributed by atoms with Gasteiger partial charge in [0.1, 0.15) is 17.1 Å². The van der Waals surface area contributed by atoms with Gasteiger partial charge >= 0.3 is 0 Å². The highest BCUT2D eigenvalue weighted by molar-refractivity contribution is 6.30. The molecule has 3 aromatic rings. The second-order valence-electron chi connectivity index (χ2n) is 6.36. The molecule has 1 atom stereocenters. The van der Waals surface area contributed by atoms with Crippen LogP contribution in [0.1, 0.15) is 34.9 Å². The molecule has 138 valence electrons. The van der Waals surface area contributed by atoms with Crippen LogP contribution < -0.4 is 4.74 Å². The van der Waals surface area contributed by atoms with Crippen LogP contribution in [0, 0.1) is 0 Å². The molecule has 0 spiro atoms. The summed E-state index contributed by atoms with van der Waals surface area (Å²) < 4.78 is 5.93. The first-order valence-corrected chi connectivity index (χ1v) is 9.11. The Balaban J connectivity index is 1.54. The van der Waals surface area contributed by atoms with E-state index in [2.05, 4.69) is 20.2 Å². The highest BCUT2D eigenvalue weighted by Gasteiger charge is 2.29. The molecule has 1 aromatic carbocycles. The highest BCUT2D eigenvalue weighted by Crippen LogP contribution is 2.33. The van der Waals surface area contributed by atoms with Crippen molar-refractivity contribution in [2.45, 2.75) is 18.8 Å². The number of H-pyrrole nitrogens is 1. The largest absolute Gasteiger partial charge is 0.437 e. The second kappa shape index (κ2) is 7.75. The number of halogens is 1. The minimum Gasteiger partial charge on any atom is -0.437 e. The minimum absolute atomic E-state index is 0.0544. The lowest BCUT2D eigenvalue weighted by molar-refractivity contribution is 0.0698. The molecule has 1 N–H and O–H groups in total. The summed E-state index contributed by atoms with van der Waals surface area (Å²) in [5.41, 5.74) is 1.25. The van der Waals surface area contributed by atoms with E-state index in [9.17, 15) is 4.79 Å². The predicted octanol–water partition coefficient (Wildman–Crippen LogP) is 3.67. The first kappa shape index (κ1) is 17.5. The van der Waals surface area contributed by atoms with Gasteiger partial charge in [0.2, 0.25) is 5.88 Å². The maximum Gasteiger partial charge on any atom is 0.271 e. The summed E-state index contributed by atoms with van der Waals surface area (Å²) in [5.74, 6) is 1.10. The zero-order valence-corrected chi connectivity index (χ0v) is 15.3. The Morgan fingerprint density at radius 1 is 1.15 bits per heavy atom. The van der Waals surface area contributed by atoms with Crippen LogP contribution in [0.15, 0.2) is 48.9 Å². The molecule has 8 heteroatoms. The second-order valence-corrected chi connectivity index (χ2v) is 6.80. The Bertz CT molecular complexity index is 914. The summed E-state index contributed by atoms with van der Waals surface area (Å²) in [6, 6.07) is 8.78. The van der Waals surface area contributed by atoms with Crippen molar-refractivity contribution in [2.75, 3.05) is 13.1 Å². The van der Waals surface area contributed by atoms with Crippen LogP contribution in [0.5, 0.6) is 11.6 Å². The van der Waals surface area contributed by atoms with Crippen molar-refractivity contribution in [3.05, 3.63) is 65.3 Å². The number of carbonyl (C=O) groups excluding carboxylic acids is 1. The number of hydrogen-bond acceptors (Lipinski definition) is 5. The van der Waals surface area contributed by atoms with Crippen molar-refractivity contribution in [1.82, 2.24) is 25.1 Å². The molecule has 2 aromatic heterocycles. The first-order chi connectivity index (χ1) is 13.2. The standard InChI is InChI=1S/C19H18ClN5O2/c20-14-3-5-15(6-4-14)27-18-17(21-9-10-22-18)13-2-1-11-25(12-13)19(26)16-7-8-23-24-16/h3-10,13H,1-2,11-12H2,(H,23,24). The van der Waals surface area contributed by atoms with E-state index in [0.29, 0.717) is 35.4 Å². The van der Waals surface area contributed by atoms with Gasteiger partial charge in [-0.15, -0.1) is 0 Å². The summed E-state index contributed by atoms with van der Waals surface area (Å²) in [6.45, 7) is 1.27. The molecule has 3 heterocycles. The molecule has 7 nitrogen and oxygen atoms in total. The monoisotopic (exact) mass is 383 g/mol. The minimum atomic E-state index is -0.0544. The molecule has 1 fully saturated rings. The Morgan fingerprint density at radius 3 is 2.74 bits per heavy atom. The fourth-order valence-corrected chi connectivity index (χ4v) is 3.37. The van der Waals surface area contributed by atoms with Crippen molar-refractivity contribution in [3.8, 4) is 11.6 Å². The van der Waals surface area contributed by atoms with Crippen LogP contribution in [-0.2, 0) is 0 Å². The molecule has 0 aliphatic carbocycles. The SMILES string of the molecule is O=C(c1ccn[nH]1)N1CCCC(c2nccnc2Oc2ccc(Cl)cc2)C1. The van der Waals surface area contributed by atoms with Gasteiger partial charge in [-0.25, -0.2) is 4.98 Å². The van der Waals surface area contributed by atoms with Crippen LogP contribution in [0.25, 0.3) is 0 Å². The molecule has 27 heavy (non-hydrogen) atoms. The summed E-state index contributed by atoms with van der Waals surface area (Å²) in [4.78, 5) is 23.3. The number of nitrogens with one attached hydrogen (secondary N) is 1. The molecule has 1 unspecified atom stereocenters. The third-order valence-corrected chi connectivity index (χ3v) is 4.80. The topological polar surface area (TPSA) is 84.0 Å². The third kappa shape index (κ3) is 3.93. The van der Waals surface area contributed by atoms with Gasteiger partial charge in [0.15, 0.2) is 0 Å². The van der Waals surface area contributed by atoms with Gasteiger partial charge in [-0.1, -0.05) is 11.6 Å². The molecule has 1 aliphatic heterocycles. The Labute approximate surface area is 161 Å². The number of carbonyl (C=O) groups is 1. The Hall–Kier alpha value is -2.93. The summed E-state index contributed by atoms with van der Waals surface area (Å²) in [5, 5.41) is 7.23. The maximum absolute atomic E-state index is 12.6. The number of amides is 1. The maximum atomic E-state index is 12.6. The number of piperidine rings is 1. The van der Waals surface area contributed by atoms with Crippen molar-refractivity contribution >= 4 is 17.5 Å². The molecule has 0 bridgehead atoms. The molecular weight excluding hydrogens is 366 g/mol. The van der Waals surface area contributed by atoms with Gasteiger partial charge < -0.3 is 9.64 Å². The summed E-state index contributed by atoms with van der Waals surface area (Å²) >= 11 is 5.93. The number of hydrogen-bond donors (Lipinski definition) is 1. The van der Waals surface area contributed by atoms with E-state index in [1.165, 1.54) is 0 Å². The van der Waals surface area contributed by atoms with Gasteiger partial charge in [0.25, 0.3) is 5.91 Å². The molecular formula is C19H18ClN5O2. The van der Waals surface area contributed by atoms with E-state index in [1.807, 2.05) is 4.90 Å². The number of aromatic amines is 1. The van der Waals surface area contributed by atoms with E-state index in [0.717, 1.165) is 18.5 Å².